The van der Waals surface area contributed by atoms with Gasteiger partial charge in [-0.25, -0.2) is 4.39 Å². The highest BCUT2D eigenvalue weighted by atomic mass is 35.5. The SMILES string of the molecule is O=C(Nc1c(Cl)cc(CCCC(F)(F)F)cc1Cl)c1ccccc1F. The maximum atomic E-state index is 13.6. The number of carbonyl (C=O) groups excluding carboxylic acids is 1. The Labute approximate surface area is 151 Å². The van der Waals surface area contributed by atoms with E-state index in [-0.39, 0.29) is 34.1 Å². The standard InChI is InChI=1S/C17H13Cl2F4NO/c18-12-8-10(4-3-7-17(21,22)23)9-13(19)15(12)24-16(25)11-5-1-2-6-14(11)20/h1-2,5-6,8-9H,3-4,7H2,(H,24,25). The Balaban J connectivity index is 2.12. The molecule has 0 aromatic heterocycles. The molecule has 1 N–H and O–H groups in total. The first-order valence-corrected chi connectivity index (χ1v) is 8.03. The first-order valence-electron chi connectivity index (χ1n) is 7.28. The summed E-state index contributed by atoms with van der Waals surface area (Å²) in [5.41, 5.74) is 0.420. The second-order valence-corrected chi connectivity index (χ2v) is 6.15. The Hall–Kier alpha value is -1.79. The van der Waals surface area contributed by atoms with E-state index < -0.39 is 24.3 Å². The van der Waals surface area contributed by atoms with Gasteiger partial charge in [-0.1, -0.05) is 35.3 Å². The molecule has 0 unspecified atom stereocenters. The van der Waals surface area contributed by atoms with Gasteiger partial charge in [-0.3, -0.25) is 4.79 Å². The molecule has 0 spiro atoms. The molecule has 0 aliphatic rings. The van der Waals surface area contributed by atoms with Crippen molar-refractivity contribution < 1.29 is 22.4 Å². The molecule has 0 saturated heterocycles. The molecule has 0 fully saturated rings. The van der Waals surface area contributed by atoms with Gasteiger partial charge in [0.05, 0.1) is 21.3 Å². The van der Waals surface area contributed by atoms with Crippen molar-refractivity contribution in [2.24, 2.45) is 0 Å². The Morgan fingerprint density at radius 1 is 1.08 bits per heavy atom. The molecule has 0 aliphatic heterocycles. The van der Waals surface area contributed by atoms with E-state index in [0.29, 0.717) is 5.56 Å². The lowest BCUT2D eigenvalue weighted by molar-refractivity contribution is -0.135. The van der Waals surface area contributed by atoms with E-state index in [1.807, 2.05) is 0 Å². The minimum atomic E-state index is -4.22. The molecule has 0 aliphatic carbocycles. The fourth-order valence-electron chi connectivity index (χ4n) is 2.21. The van der Waals surface area contributed by atoms with Crippen molar-refractivity contribution >= 4 is 34.8 Å². The van der Waals surface area contributed by atoms with Gasteiger partial charge in [0.1, 0.15) is 5.82 Å². The largest absolute Gasteiger partial charge is 0.389 e. The molecular weight excluding hydrogens is 381 g/mol. The summed E-state index contributed by atoms with van der Waals surface area (Å²) < 4.78 is 50.2. The van der Waals surface area contributed by atoms with Crippen molar-refractivity contribution in [2.45, 2.75) is 25.4 Å². The average Bonchev–Trinajstić information content (AvgIpc) is 2.50. The summed E-state index contributed by atoms with van der Waals surface area (Å²) in [4.78, 5) is 12.1. The van der Waals surface area contributed by atoms with Crippen LogP contribution < -0.4 is 5.32 Å². The number of alkyl halides is 3. The van der Waals surface area contributed by atoms with Crippen molar-refractivity contribution in [2.75, 3.05) is 5.32 Å². The smallest absolute Gasteiger partial charge is 0.319 e. The first kappa shape index (κ1) is 19.5. The van der Waals surface area contributed by atoms with Crippen molar-refractivity contribution in [3.63, 3.8) is 0 Å². The molecule has 0 saturated carbocycles. The van der Waals surface area contributed by atoms with Crippen LogP contribution in [-0.2, 0) is 6.42 Å². The molecule has 0 atom stereocenters. The van der Waals surface area contributed by atoms with Gasteiger partial charge < -0.3 is 5.32 Å². The van der Waals surface area contributed by atoms with Crippen molar-refractivity contribution in [3.05, 3.63) is 63.4 Å². The summed E-state index contributed by atoms with van der Waals surface area (Å²) in [6.07, 6.45) is -5.09. The third kappa shape index (κ3) is 5.61. The molecular formula is C17H13Cl2F4NO. The summed E-state index contributed by atoms with van der Waals surface area (Å²) in [5.74, 6) is -1.43. The van der Waals surface area contributed by atoms with E-state index in [1.165, 1.54) is 30.3 Å². The van der Waals surface area contributed by atoms with Gasteiger partial charge in [0.15, 0.2) is 0 Å². The molecule has 0 bridgehead atoms. The predicted molar refractivity (Wildman–Crippen MR) is 89.8 cm³/mol. The lowest BCUT2D eigenvalue weighted by Gasteiger charge is -2.12. The summed E-state index contributed by atoms with van der Waals surface area (Å²) in [7, 11) is 0. The van der Waals surface area contributed by atoms with Crippen LogP contribution in [0, 0.1) is 5.82 Å². The van der Waals surface area contributed by atoms with E-state index >= 15 is 0 Å². The summed E-state index contributed by atoms with van der Waals surface area (Å²) in [5, 5.41) is 2.56. The lowest BCUT2D eigenvalue weighted by Crippen LogP contribution is -2.14. The Kier molecular flexibility index (Phi) is 6.30. The minimum Gasteiger partial charge on any atom is -0.319 e. The fraction of sp³-hybridized carbons (Fsp3) is 0.235. The van der Waals surface area contributed by atoms with Crippen molar-refractivity contribution in [1.29, 1.82) is 0 Å². The van der Waals surface area contributed by atoms with Crippen molar-refractivity contribution in [1.82, 2.24) is 0 Å². The monoisotopic (exact) mass is 393 g/mol. The third-order valence-corrected chi connectivity index (χ3v) is 3.98. The van der Waals surface area contributed by atoms with Crippen molar-refractivity contribution in [3.8, 4) is 0 Å². The van der Waals surface area contributed by atoms with Gasteiger partial charge >= 0.3 is 6.18 Å². The number of nitrogens with one attached hydrogen (secondary N) is 1. The summed E-state index contributed by atoms with van der Waals surface area (Å²) >= 11 is 12.1. The van der Waals surface area contributed by atoms with Crippen LogP contribution in [-0.4, -0.2) is 12.1 Å². The van der Waals surface area contributed by atoms with Gasteiger partial charge in [0.25, 0.3) is 5.91 Å². The third-order valence-electron chi connectivity index (χ3n) is 3.38. The second kappa shape index (κ2) is 8.06. The number of hydrogen-bond acceptors (Lipinski definition) is 1. The van der Waals surface area contributed by atoms with Crippen LogP contribution in [0.1, 0.15) is 28.8 Å². The molecule has 2 aromatic carbocycles. The van der Waals surface area contributed by atoms with Gasteiger partial charge in [-0.15, -0.1) is 0 Å². The Bertz CT molecular complexity index is 754. The van der Waals surface area contributed by atoms with E-state index in [9.17, 15) is 22.4 Å². The number of amides is 1. The van der Waals surface area contributed by atoms with Crippen LogP contribution in [0.4, 0.5) is 23.2 Å². The van der Waals surface area contributed by atoms with Crippen LogP contribution in [0.2, 0.25) is 10.0 Å². The molecule has 25 heavy (non-hydrogen) atoms. The second-order valence-electron chi connectivity index (χ2n) is 5.34. The Morgan fingerprint density at radius 3 is 2.24 bits per heavy atom. The average molecular weight is 394 g/mol. The molecule has 2 rings (SSSR count). The molecule has 0 radical (unpaired) electrons. The number of aryl methyl sites for hydroxylation is 1. The van der Waals surface area contributed by atoms with Gasteiger partial charge in [0.2, 0.25) is 0 Å². The topological polar surface area (TPSA) is 29.1 Å². The number of halogens is 6. The predicted octanol–water partition coefficient (Wildman–Crippen LogP) is 6.27. The maximum Gasteiger partial charge on any atom is 0.389 e. The number of anilines is 1. The quantitative estimate of drug-likeness (QED) is 0.595. The van der Waals surface area contributed by atoms with Gasteiger partial charge in [-0.2, -0.15) is 13.2 Å². The van der Waals surface area contributed by atoms with E-state index in [2.05, 4.69) is 5.32 Å². The molecule has 8 heteroatoms. The van der Waals surface area contributed by atoms with Crippen LogP contribution in [0.25, 0.3) is 0 Å². The lowest BCUT2D eigenvalue weighted by atomic mass is 10.1. The number of hydrogen-bond donors (Lipinski definition) is 1. The molecule has 134 valence electrons. The highest BCUT2D eigenvalue weighted by molar-refractivity contribution is 6.40. The number of rotatable bonds is 5. The zero-order valence-electron chi connectivity index (χ0n) is 12.8. The highest BCUT2D eigenvalue weighted by Gasteiger charge is 2.26. The summed E-state index contributed by atoms with van der Waals surface area (Å²) in [6.45, 7) is 0. The summed E-state index contributed by atoms with van der Waals surface area (Å²) in [6, 6.07) is 8.26. The highest BCUT2D eigenvalue weighted by Crippen LogP contribution is 2.33. The number of carbonyl (C=O) groups is 1. The van der Waals surface area contributed by atoms with Crippen LogP contribution in [0.15, 0.2) is 36.4 Å². The van der Waals surface area contributed by atoms with E-state index in [0.717, 1.165) is 6.07 Å². The normalized spacial score (nSPS) is 11.4. The molecule has 2 nitrogen and oxygen atoms in total. The fourth-order valence-corrected chi connectivity index (χ4v) is 2.84. The molecule has 2 aromatic rings. The van der Waals surface area contributed by atoms with Crippen LogP contribution >= 0.6 is 23.2 Å². The van der Waals surface area contributed by atoms with E-state index in [1.54, 1.807) is 0 Å². The van der Waals surface area contributed by atoms with Crippen LogP contribution in [0.3, 0.4) is 0 Å². The van der Waals surface area contributed by atoms with E-state index in [4.69, 9.17) is 23.2 Å². The molecule has 1 amide bonds. The van der Waals surface area contributed by atoms with Crippen LogP contribution in [0.5, 0.6) is 0 Å². The van der Waals surface area contributed by atoms with Gasteiger partial charge in [-0.05, 0) is 42.7 Å². The maximum absolute atomic E-state index is 13.6. The zero-order valence-corrected chi connectivity index (χ0v) is 14.3. The van der Waals surface area contributed by atoms with Gasteiger partial charge in [0, 0.05) is 6.42 Å². The zero-order chi connectivity index (χ0) is 18.6. The Morgan fingerprint density at radius 2 is 1.68 bits per heavy atom. The minimum absolute atomic E-state index is 0.0687. The number of benzene rings is 2. The first-order chi connectivity index (χ1) is 11.7. The molecule has 0 heterocycles.